The first-order valence-corrected chi connectivity index (χ1v) is 13.4. The standard InChI is InChI=1S/C29H29N5O3/c35-27(21-5-6-21)32-13-18(14-32)15-33-26(31-29(9-10-29)28(33)36)20-3-1-19(2-4-20)22-7-8-25-23(11-22)12-30-34(25)24-16-37-17-24/h1-4,7-8,11-12,18,21,24H,5-6,9-10,13-17H2. The molecule has 188 valence electrons. The van der Waals surface area contributed by atoms with Gasteiger partial charge in [-0.2, -0.15) is 5.10 Å². The first-order chi connectivity index (χ1) is 18.1. The number of ether oxygens (including phenoxy) is 1. The third kappa shape index (κ3) is 3.45. The Balaban J connectivity index is 1.01. The maximum absolute atomic E-state index is 13.3. The highest BCUT2D eigenvalue weighted by molar-refractivity contribution is 6.16. The van der Waals surface area contributed by atoms with Crippen LogP contribution in [0.2, 0.25) is 0 Å². The van der Waals surface area contributed by atoms with Crippen molar-refractivity contribution in [2.24, 2.45) is 16.8 Å². The molecule has 0 N–H and O–H groups in total. The van der Waals surface area contributed by atoms with Crippen LogP contribution in [0.4, 0.5) is 0 Å². The second kappa shape index (κ2) is 7.74. The Hall–Kier alpha value is -3.52. The van der Waals surface area contributed by atoms with E-state index in [1.54, 1.807) is 0 Å². The highest BCUT2D eigenvalue weighted by atomic mass is 16.5. The second-order valence-corrected chi connectivity index (χ2v) is 11.4. The van der Waals surface area contributed by atoms with Crippen molar-refractivity contribution in [3.63, 3.8) is 0 Å². The molecule has 2 amide bonds. The molecule has 4 fully saturated rings. The van der Waals surface area contributed by atoms with Crippen molar-refractivity contribution in [1.29, 1.82) is 0 Å². The zero-order valence-electron chi connectivity index (χ0n) is 20.7. The quantitative estimate of drug-likeness (QED) is 0.526. The van der Waals surface area contributed by atoms with Gasteiger partial charge in [0, 0.05) is 42.4 Å². The summed E-state index contributed by atoms with van der Waals surface area (Å²) in [5.74, 6) is 1.81. The minimum absolute atomic E-state index is 0.137. The number of amidine groups is 1. The summed E-state index contributed by atoms with van der Waals surface area (Å²) in [5, 5.41) is 5.70. The molecule has 2 aliphatic carbocycles. The summed E-state index contributed by atoms with van der Waals surface area (Å²) in [7, 11) is 0. The van der Waals surface area contributed by atoms with Crippen molar-refractivity contribution in [3.05, 3.63) is 54.2 Å². The number of benzene rings is 2. The summed E-state index contributed by atoms with van der Waals surface area (Å²) < 4.78 is 7.39. The van der Waals surface area contributed by atoms with E-state index in [4.69, 9.17) is 9.73 Å². The van der Waals surface area contributed by atoms with Crippen LogP contribution in [0.3, 0.4) is 0 Å². The fourth-order valence-corrected chi connectivity index (χ4v) is 5.90. The smallest absolute Gasteiger partial charge is 0.256 e. The first-order valence-electron chi connectivity index (χ1n) is 13.4. The lowest BCUT2D eigenvalue weighted by Crippen LogP contribution is -2.55. The van der Waals surface area contributed by atoms with Gasteiger partial charge in [0.1, 0.15) is 11.4 Å². The monoisotopic (exact) mass is 495 g/mol. The molecule has 0 unspecified atom stereocenters. The van der Waals surface area contributed by atoms with Crippen molar-refractivity contribution >= 4 is 28.6 Å². The number of fused-ring (bicyclic) bond motifs is 1. The summed E-state index contributed by atoms with van der Waals surface area (Å²) in [6, 6.07) is 15.2. The van der Waals surface area contributed by atoms with Crippen LogP contribution in [0.1, 0.15) is 37.3 Å². The Labute approximate surface area is 214 Å². The van der Waals surface area contributed by atoms with Gasteiger partial charge in [0.05, 0.1) is 31.0 Å². The Kier molecular flexibility index (Phi) is 4.51. The van der Waals surface area contributed by atoms with Crippen LogP contribution in [-0.4, -0.2) is 75.6 Å². The molecule has 2 saturated heterocycles. The van der Waals surface area contributed by atoms with Gasteiger partial charge >= 0.3 is 0 Å². The molecule has 1 aromatic heterocycles. The lowest BCUT2D eigenvalue weighted by Gasteiger charge is -2.41. The van der Waals surface area contributed by atoms with Gasteiger partial charge in [0.2, 0.25) is 5.91 Å². The van der Waals surface area contributed by atoms with Gasteiger partial charge in [0.25, 0.3) is 5.91 Å². The molecular weight excluding hydrogens is 466 g/mol. The normalized spacial score (nSPS) is 22.9. The topological polar surface area (TPSA) is 80.0 Å². The molecule has 0 atom stereocenters. The van der Waals surface area contributed by atoms with Crippen LogP contribution >= 0.6 is 0 Å². The van der Waals surface area contributed by atoms with E-state index >= 15 is 0 Å². The number of hydrogen-bond donors (Lipinski definition) is 0. The van der Waals surface area contributed by atoms with Gasteiger partial charge in [-0.3, -0.25) is 24.2 Å². The number of rotatable bonds is 6. The predicted molar refractivity (Wildman–Crippen MR) is 138 cm³/mol. The minimum atomic E-state index is -0.530. The number of amides is 2. The predicted octanol–water partition coefficient (Wildman–Crippen LogP) is 3.26. The molecule has 0 bridgehead atoms. The van der Waals surface area contributed by atoms with Crippen LogP contribution in [0.5, 0.6) is 0 Å². The molecule has 4 heterocycles. The van der Waals surface area contributed by atoms with Crippen molar-refractivity contribution in [1.82, 2.24) is 19.6 Å². The molecule has 8 heteroatoms. The summed E-state index contributed by atoms with van der Waals surface area (Å²) in [5.41, 5.74) is 3.84. The molecule has 3 aliphatic heterocycles. The fraction of sp³-hybridized carbons (Fsp3) is 0.448. The summed E-state index contributed by atoms with van der Waals surface area (Å²) in [6.45, 7) is 3.60. The van der Waals surface area contributed by atoms with E-state index in [9.17, 15) is 9.59 Å². The van der Waals surface area contributed by atoms with E-state index in [2.05, 4.69) is 52.2 Å². The van der Waals surface area contributed by atoms with Crippen molar-refractivity contribution in [2.45, 2.75) is 37.3 Å². The number of aromatic nitrogens is 2. The zero-order chi connectivity index (χ0) is 24.7. The Morgan fingerprint density at radius 1 is 1.00 bits per heavy atom. The van der Waals surface area contributed by atoms with Gasteiger partial charge in [-0.25, -0.2) is 0 Å². The maximum atomic E-state index is 13.3. The Morgan fingerprint density at radius 3 is 2.41 bits per heavy atom. The lowest BCUT2D eigenvalue weighted by molar-refractivity contribution is -0.139. The molecule has 2 saturated carbocycles. The van der Waals surface area contributed by atoms with Gasteiger partial charge in [-0.1, -0.05) is 30.3 Å². The minimum Gasteiger partial charge on any atom is -0.377 e. The zero-order valence-corrected chi connectivity index (χ0v) is 20.7. The molecule has 0 radical (unpaired) electrons. The largest absolute Gasteiger partial charge is 0.377 e. The molecular formula is C29H29N5O3. The number of likely N-dealkylation sites (tertiary alicyclic amines) is 1. The number of carbonyl (C=O) groups excluding carboxylic acids is 2. The SMILES string of the molecule is O=C(C1CC1)N1CC(CN2C(=O)C3(CC3)N=C2c2ccc(-c3ccc4c(cnn4C4COC4)c3)cc2)C1. The average molecular weight is 496 g/mol. The van der Waals surface area contributed by atoms with E-state index in [0.717, 1.165) is 85.4 Å². The summed E-state index contributed by atoms with van der Waals surface area (Å²) in [4.78, 5) is 34.4. The van der Waals surface area contributed by atoms with Crippen LogP contribution in [-0.2, 0) is 14.3 Å². The third-order valence-electron chi connectivity index (χ3n) is 8.62. The van der Waals surface area contributed by atoms with E-state index in [-0.39, 0.29) is 11.8 Å². The average Bonchev–Trinajstić information content (AvgIpc) is 3.78. The lowest BCUT2D eigenvalue weighted by atomic mass is 9.97. The van der Waals surface area contributed by atoms with Crippen molar-refractivity contribution in [2.75, 3.05) is 32.8 Å². The number of hydrogen-bond acceptors (Lipinski definition) is 5. The van der Waals surface area contributed by atoms with Crippen LogP contribution in [0.25, 0.3) is 22.0 Å². The summed E-state index contributed by atoms with van der Waals surface area (Å²) >= 11 is 0. The Morgan fingerprint density at radius 2 is 1.73 bits per heavy atom. The van der Waals surface area contributed by atoms with E-state index < -0.39 is 5.54 Å². The number of nitrogens with zero attached hydrogens (tertiary/aromatic N) is 5. The van der Waals surface area contributed by atoms with Gasteiger partial charge in [0.15, 0.2) is 0 Å². The van der Waals surface area contributed by atoms with Gasteiger partial charge < -0.3 is 9.64 Å². The molecule has 5 aliphatic rings. The fourth-order valence-electron chi connectivity index (χ4n) is 5.90. The number of aliphatic imine (C=N–C) groups is 1. The van der Waals surface area contributed by atoms with E-state index in [1.807, 2.05) is 16.0 Å². The Bertz CT molecular complexity index is 1460. The van der Waals surface area contributed by atoms with Gasteiger partial charge in [-0.15, -0.1) is 0 Å². The maximum Gasteiger partial charge on any atom is 0.256 e. The van der Waals surface area contributed by atoms with Crippen LogP contribution in [0.15, 0.2) is 53.7 Å². The summed E-state index contributed by atoms with van der Waals surface area (Å²) in [6.07, 6.45) is 5.67. The third-order valence-corrected chi connectivity index (χ3v) is 8.62. The van der Waals surface area contributed by atoms with Crippen molar-refractivity contribution in [3.8, 4) is 11.1 Å². The van der Waals surface area contributed by atoms with E-state index in [0.29, 0.717) is 24.4 Å². The van der Waals surface area contributed by atoms with Crippen LogP contribution < -0.4 is 0 Å². The van der Waals surface area contributed by atoms with Crippen LogP contribution in [0, 0.1) is 11.8 Å². The highest BCUT2D eigenvalue weighted by Crippen LogP contribution is 2.46. The first kappa shape index (κ1) is 21.6. The van der Waals surface area contributed by atoms with Gasteiger partial charge in [-0.05, 0) is 48.9 Å². The molecule has 3 aromatic rings. The second-order valence-electron chi connectivity index (χ2n) is 11.4. The molecule has 2 aromatic carbocycles. The van der Waals surface area contributed by atoms with Crippen molar-refractivity contribution < 1.29 is 14.3 Å². The van der Waals surface area contributed by atoms with E-state index in [1.165, 1.54) is 0 Å². The molecule has 1 spiro atoms. The number of carbonyl (C=O) groups is 2. The molecule has 37 heavy (non-hydrogen) atoms. The molecule has 8 nitrogen and oxygen atoms in total. The highest BCUT2D eigenvalue weighted by Gasteiger charge is 2.57. The molecule has 8 rings (SSSR count).